The summed E-state index contributed by atoms with van der Waals surface area (Å²) in [7, 11) is 1.81. The van der Waals surface area contributed by atoms with E-state index in [1.54, 1.807) is 0 Å². The fraction of sp³-hybridized carbons (Fsp3) is 0.400. The van der Waals surface area contributed by atoms with E-state index in [2.05, 4.69) is 70.9 Å². The van der Waals surface area contributed by atoms with Gasteiger partial charge in [0.1, 0.15) is 0 Å². The molecular weight excluding hydrogens is 296 g/mol. The normalized spacial score (nSPS) is 14.1. The summed E-state index contributed by atoms with van der Waals surface area (Å²) in [6.07, 6.45) is 2.86. The molecule has 0 bridgehead atoms. The molecule has 2 unspecified atom stereocenters. The summed E-state index contributed by atoms with van der Waals surface area (Å²) in [5.74, 6) is 1.25. The van der Waals surface area contributed by atoms with E-state index in [1.807, 2.05) is 26.2 Å². The van der Waals surface area contributed by atoms with Gasteiger partial charge in [-0.1, -0.05) is 43.3 Å². The quantitative estimate of drug-likeness (QED) is 0.633. The minimum absolute atomic E-state index is 0.291. The SMILES string of the molecule is CN=C(NCCc1ccc(C)nc1)NC(C)C(C)c1ccccc1. The minimum Gasteiger partial charge on any atom is -0.356 e. The van der Waals surface area contributed by atoms with E-state index in [0.717, 1.165) is 24.6 Å². The number of hydrogen-bond acceptors (Lipinski definition) is 2. The molecule has 4 nitrogen and oxygen atoms in total. The van der Waals surface area contributed by atoms with Crippen molar-refractivity contribution in [1.82, 2.24) is 15.6 Å². The van der Waals surface area contributed by atoms with Gasteiger partial charge in [0.05, 0.1) is 0 Å². The molecule has 4 heteroatoms. The summed E-state index contributed by atoms with van der Waals surface area (Å²) in [5.41, 5.74) is 3.61. The van der Waals surface area contributed by atoms with E-state index in [4.69, 9.17) is 0 Å². The lowest BCUT2D eigenvalue weighted by Crippen LogP contribution is -2.44. The number of nitrogens with one attached hydrogen (secondary N) is 2. The largest absolute Gasteiger partial charge is 0.356 e. The molecule has 1 heterocycles. The Kier molecular flexibility index (Phi) is 6.79. The van der Waals surface area contributed by atoms with Crippen molar-refractivity contribution in [2.45, 2.75) is 39.2 Å². The first kappa shape index (κ1) is 18.0. The molecule has 0 aliphatic rings. The van der Waals surface area contributed by atoms with Crippen molar-refractivity contribution < 1.29 is 0 Å². The number of aromatic nitrogens is 1. The summed E-state index contributed by atoms with van der Waals surface area (Å²) < 4.78 is 0. The third-order valence-electron chi connectivity index (χ3n) is 4.34. The summed E-state index contributed by atoms with van der Waals surface area (Å²) in [6, 6.07) is 15.0. The topological polar surface area (TPSA) is 49.3 Å². The Hall–Kier alpha value is -2.36. The summed E-state index contributed by atoms with van der Waals surface area (Å²) >= 11 is 0. The van der Waals surface area contributed by atoms with Crippen molar-refractivity contribution in [2.24, 2.45) is 4.99 Å². The van der Waals surface area contributed by atoms with Crippen molar-refractivity contribution in [3.05, 3.63) is 65.5 Å². The van der Waals surface area contributed by atoms with E-state index in [1.165, 1.54) is 11.1 Å². The second-order valence-corrected chi connectivity index (χ2v) is 6.19. The molecule has 2 rings (SSSR count). The Morgan fingerprint density at radius 3 is 2.50 bits per heavy atom. The van der Waals surface area contributed by atoms with Gasteiger partial charge in [0.2, 0.25) is 0 Å². The van der Waals surface area contributed by atoms with Gasteiger partial charge in [-0.25, -0.2) is 0 Å². The molecular formula is C20H28N4. The Bertz CT molecular complexity index is 634. The molecule has 1 aromatic carbocycles. The number of aliphatic imine (C=N–C) groups is 1. The number of aryl methyl sites for hydroxylation is 1. The molecule has 0 radical (unpaired) electrons. The number of hydrogen-bond donors (Lipinski definition) is 2. The maximum Gasteiger partial charge on any atom is 0.191 e. The predicted molar refractivity (Wildman–Crippen MR) is 101 cm³/mol. The summed E-state index contributed by atoms with van der Waals surface area (Å²) in [5, 5.41) is 6.86. The molecule has 0 spiro atoms. The van der Waals surface area contributed by atoms with Crippen molar-refractivity contribution in [2.75, 3.05) is 13.6 Å². The van der Waals surface area contributed by atoms with Crippen LogP contribution in [0.15, 0.2) is 53.7 Å². The second-order valence-electron chi connectivity index (χ2n) is 6.19. The van der Waals surface area contributed by atoms with Gasteiger partial charge < -0.3 is 10.6 Å². The Morgan fingerprint density at radius 2 is 1.88 bits per heavy atom. The Morgan fingerprint density at radius 1 is 1.12 bits per heavy atom. The van der Waals surface area contributed by atoms with Crippen LogP contribution in [-0.2, 0) is 6.42 Å². The number of rotatable bonds is 6. The van der Waals surface area contributed by atoms with Crippen molar-refractivity contribution >= 4 is 5.96 Å². The molecule has 0 fully saturated rings. The van der Waals surface area contributed by atoms with Crippen LogP contribution in [0.4, 0.5) is 0 Å². The van der Waals surface area contributed by atoms with Gasteiger partial charge in [-0.15, -0.1) is 0 Å². The highest BCUT2D eigenvalue weighted by Crippen LogP contribution is 2.18. The van der Waals surface area contributed by atoms with Gasteiger partial charge in [0.25, 0.3) is 0 Å². The molecule has 0 saturated carbocycles. The van der Waals surface area contributed by atoms with Crippen LogP contribution in [-0.4, -0.2) is 30.6 Å². The van der Waals surface area contributed by atoms with Gasteiger partial charge in [0.15, 0.2) is 5.96 Å². The van der Waals surface area contributed by atoms with Crippen LogP contribution >= 0.6 is 0 Å². The maximum atomic E-state index is 4.33. The van der Waals surface area contributed by atoms with Crippen LogP contribution in [0.2, 0.25) is 0 Å². The number of benzene rings is 1. The van der Waals surface area contributed by atoms with E-state index in [9.17, 15) is 0 Å². The lowest BCUT2D eigenvalue weighted by Gasteiger charge is -2.24. The molecule has 2 aromatic rings. The number of guanidine groups is 1. The molecule has 0 aliphatic heterocycles. The van der Waals surface area contributed by atoms with Crippen molar-refractivity contribution in [1.29, 1.82) is 0 Å². The monoisotopic (exact) mass is 324 g/mol. The minimum atomic E-state index is 0.291. The third-order valence-corrected chi connectivity index (χ3v) is 4.34. The van der Waals surface area contributed by atoms with Crippen LogP contribution in [0.3, 0.4) is 0 Å². The van der Waals surface area contributed by atoms with Crippen LogP contribution in [0.5, 0.6) is 0 Å². The molecule has 2 N–H and O–H groups in total. The first-order valence-corrected chi connectivity index (χ1v) is 8.54. The molecule has 2 atom stereocenters. The fourth-order valence-corrected chi connectivity index (χ4v) is 2.55. The molecule has 0 saturated heterocycles. The van der Waals surface area contributed by atoms with Gasteiger partial charge in [-0.2, -0.15) is 0 Å². The highest BCUT2D eigenvalue weighted by atomic mass is 15.2. The second kappa shape index (κ2) is 9.06. The van der Waals surface area contributed by atoms with Crippen molar-refractivity contribution in [3.8, 4) is 0 Å². The van der Waals surface area contributed by atoms with Gasteiger partial charge >= 0.3 is 0 Å². The third kappa shape index (κ3) is 5.37. The molecule has 1 aromatic heterocycles. The highest BCUT2D eigenvalue weighted by Gasteiger charge is 2.15. The molecule has 0 aliphatic carbocycles. The van der Waals surface area contributed by atoms with Crippen LogP contribution in [0.25, 0.3) is 0 Å². The first-order chi connectivity index (χ1) is 11.6. The zero-order valence-electron chi connectivity index (χ0n) is 15.1. The smallest absolute Gasteiger partial charge is 0.191 e. The van der Waals surface area contributed by atoms with E-state index < -0.39 is 0 Å². The van der Waals surface area contributed by atoms with E-state index in [-0.39, 0.29) is 0 Å². The molecule has 0 amide bonds. The first-order valence-electron chi connectivity index (χ1n) is 8.54. The maximum absolute atomic E-state index is 4.33. The Labute approximate surface area is 145 Å². The molecule has 128 valence electrons. The van der Waals surface area contributed by atoms with Gasteiger partial charge in [-0.05, 0) is 37.5 Å². The molecule has 24 heavy (non-hydrogen) atoms. The lowest BCUT2D eigenvalue weighted by molar-refractivity contribution is 0.550. The average molecular weight is 324 g/mol. The van der Waals surface area contributed by atoms with Gasteiger partial charge in [0, 0.05) is 37.4 Å². The standard InChI is InChI=1S/C20H28N4/c1-15-10-11-18(14-23-15)12-13-22-20(21-4)24-17(3)16(2)19-8-6-5-7-9-19/h5-11,14,16-17H,12-13H2,1-4H3,(H2,21,22,24). The van der Waals surface area contributed by atoms with Crippen molar-refractivity contribution in [3.63, 3.8) is 0 Å². The van der Waals surface area contributed by atoms with E-state index in [0.29, 0.717) is 12.0 Å². The van der Waals surface area contributed by atoms with Gasteiger partial charge in [-0.3, -0.25) is 9.98 Å². The predicted octanol–water partition coefficient (Wildman–Crippen LogP) is 3.29. The van der Waals surface area contributed by atoms with Crippen LogP contribution < -0.4 is 10.6 Å². The average Bonchev–Trinajstić information content (AvgIpc) is 2.62. The number of nitrogens with zero attached hydrogens (tertiary/aromatic N) is 2. The zero-order chi connectivity index (χ0) is 17.4. The number of pyridine rings is 1. The van der Waals surface area contributed by atoms with Crippen LogP contribution in [0.1, 0.15) is 36.6 Å². The Balaban J connectivity index is 1.82. The zero-order valence-corrected chi connectivity index (χ0v) is 15.1. The highest BCUT2D eigenvalue weighted by molar-refractivity contribution is 5.80. The van der Waals surface area contributed by atoms with E-state index >= 15 is 0 Å². The van der Waals surface area contributed by atoms with Crippen LogP contribution in [0, 0.1) is 6.92 Å². The fourth-order valence-electron chi connectivity index (χ4n) is 2.55. The lowest BCUT2D eigenvalue weighted by atomic mass is 9.94. The summed E-state index contributed by atoms with van der Waals surface area (Å²) in [6.45, 7) is 7.26. The summed E-state index contributed by atoms with van der Waals surface area (Å²) in [4.78, 5) is 8.66.